The van der Waals surface area contributed by atoms with E-state index in [4.69, 9.17) is 37.7 Å². The van der Waals surface area contributed by atoms with Gasteiger partial charge in [0.25, 0.3) is 0 Å². The van der Waals surface area contributed by atoms with Gasteiger partial charge in [0.2, 0.25) is 5.91 Å². The van der Waals surface area contributed by atoms with Crippen molar-refractivity contribution in [3.8, 4) is 11.5 Å². The van der Waals surface area contributed by atoms with Gasteiger partial charge in [-0.1, -0.05) is 54.1 Å². The van der Waals surface area contributed by atoms with Crippen LogP contribution in [-0.4, -0.2) is 89.0 Å². The number of halogens is 2. The van der Waals surface area contributed by atoms with Crippen LogP contribution in [0.1, 0.15) is 37.9 Å². The van der Waals surface area contributed by atoms with Gasteiger partial charge in [0.1, 0.15) is 36.5 Å². The maximum Gasteiger partial charge on any atom is 0.326 e. The third kappa shape index (κ3) is 7.87. The number of carbonyl (C=O) groups is 3. The Balaban J connectivity index is 1.87. The lowest BCUT2D eigenvalue weighted by molar-refractivity contribution is -0.146. The van der Waals surface area contributed by atoms with Gasteiger partial charge in [-0.15, -0.1) is 0 Å². The van der Waals surface area contributed by atoms with Gasteiger partial charge < -0.3 is 24.4 Å². The van der Waals surface area contributed by atoms with Gasteiger partial charge in [0.15, 0.2) is 0 Å². The third-order valence-electron chi connectivity index (χ3n) is 7.30. The summed E-state index contributed by atoms with van der Waals surface area (Å²) in [6, 6.07) is 10.6. The quantitative estimate of drug-likeness (QED) is 0.319. The molecule has 0 bridgehead atoms. The highest BCUT2D eigenvalue weighted by Gasteiger charge is 2.45. The molecule has 2 aromatic rings. The molecule has 12 heteroatoms. The van der Waals surface area contributed by atoms with Crippen molar-refractivity contribution in [3.63, 3.8) is 0 Å². The number of rotatable bonds is 10. The number of amidine groups is 1. The van der Waals surface area contributed by atoms with Crippen LogP contribution in [0.2, 0.25) is 5.02 Å². The zero-order valence-electron chi connectivity index (χ0n) is 25.6. The van der Waals surface area contributed by atoms with Crippen molar-refractivity contribution >= 4 is 46.9 Å². The van der Waals surface area contributed by atoms with Crippen molar-refractivity contribution in [3.05, 3.63) is 94.0 Å². The minimum Gasteiger partial charge on any atom is -0.497 e. The molecule has 2 heterocycles. The summed E-state index contributed by atoms with van der Waals surface area (Å²) in [6.45, 7) is 9.38. The molecule has 45 heavy (non-hydrogen) atoms. The van der Waals surface area contributed by atoms with Crippen molar-refractivity contribution in [1.82, 2.24) is 14.7 Å². The maximum absolute atomic E-state index is 14.6. The van der Waals surface area contributed by atoms with E-state index < -0.39 is 36.5 Å². The lowest BCUT2D eigenvalue weighted by Gasteiger charge is -2.38. The number of benzene rings is 2. The van der Waals surface area contributed by atoms with Crippen LogP contribution < -0.4 is 9.47 Å². The smallest absolute Gasteiger partial charge is 0.326 e. The number of methoxy groups -OCH3 is 1. The fraction of sp³-hybridized carbons (Fsp3) is 0.333. The van der Waals surface area contributed by atoms with Gasteiger partial charge in [-0.3, -0.25) is 19.5 Å². The average Bonchev–Trinajstić information content (AvgIpc) is 3.40. The highest BCUT2D eigenvalue weighted by molar-refractivity contribution is 6.31. The van der Waals surface area contributed by atoms with Crippen LogP contribution in [0.15, 0.2) is 82.9 Å². The first-order chi connectivity index (χ1) is 21.4. The van der Waals surface area contributed by atoms with Crippen molar-refractivity contribution in [2.75, 3.05) is 33.3 Å². The minimum atomic E-state index is -1.12. The summed E-state index contributed by atoms with van der Waals surface area (Å²) in [6.07, 6.45) is 5.02. The molecule has 4 rings (SSSR count). The summed E-state index contributed by atoms with van der Waals surface area (Å²) in [5, 5.41) is 10.2. The summed E-state index contributed by atoms with van der Waals surface area (Å²) in [5.74, 6) is -0.252. The number of allylic oxidation sites excluding steroid dienone is 3. The molecule has 1 saturated heterocycles. The number of carboxylic acid groups (broad SMARTS) is 1. The molecule has 238 valence electrons. The summed E-state index contributed by atoms with van der Waals surface area (Å²) >= 11 is 12.5. The molecule has 0 saturated carbocycles. The first kappa shape index (κ1) is 33.6. The second-order valence-electron chi connectivity index (χ2n) is 10.8. The van der Waals surface area contributed by atoms with Gasteiger partial charge in [-0.25, -0.2) is 4.79 Å². The molecule has 1 fully saturated rings. The molecule has 0 spiro atoms. The Morgan fingerprint density at radius 2 is 1.87 bits per heavy atom. The Bertz CT molecular complexity index is 1550. The third-order valence-corrected chi connectivity index (χ3v) is 7.90. The van der Waals surface area contributed by atoms with Crippen LogP contribution in [0.5, 0.6) is 11.5 Å². The van der Waals surface area contributed by atoms with Gasteiger partial charge in [-0.05, 0) is 62.2 Å². The van der Waals surface area contributed by atoms with E-state index >= 15 is 0 Å². The van der Waals surface area contributed by atoms with Gasteiger partial charge in [0, 0.05) is 29.2 Å². The SMILES string of the molecule is C=C(/C=C\C(Cl)=C/C)[C@H]1N=C(c2ccc(OC)cc2OC(C)C)N(C(=O)N2CCN(CC(=O)O)C(=O)C2)[C@H]1c1ccc(Cl)cc1. The Kier molecular flexibility index (Phi) is 11.0. The lowest BCUT2D eigenvalue weighted by atomic mass is 9.94. The molecular weight excluding hydrogens is 619 g/mol. The van der Waals surface area contributed by atoms with Crippen LogP contribution in [0.25, 0.3) is 0 Å². The predicted molar refractivity (Wildman–Crippen MR) is 174 cm³/mol. The van der Waals surface area contributed by atoms with Crippen LogP contribution >= 0.6 is 23.2 Å². The van der Waals surface area contributed by atoms with Crippen molar-refractivity contribution in [2.24, 2.45) is 4.99 Å². The number of hydrogen-bond donors (Lipinski definition) is 1. The number of piperazine rings is 1. The highest BCUT2D eigenvalue weighted by Crippen LogP contribution is 2.41. The molecule has 2 aliphatic rings. The number of carbonyl (C=O) groups excluding carboxylic acids is 2. The molecule has 3 amide bonds. The van der Waals surface area contributed by atoms with Crippen LogP contribution in [0.4, 0.5) is 4.79 Å². The largest absolute Gasteiger partial charge is 0.497 e. The van der Waals surface area contributed by atoms with Crippen molar-refractivity contribution < 1.29 is 29.0 Å². The normalized spacial score (nSPS) is 18.9. The van der Waals surface area contributed by atoms with Crippen molar-refractivity contribution in [2.45, 2.75) is 39.0 Å². The monoisotopic (exact) mass is 654 g/mol. The maximum atomic E-state index is 14.6. The summed E-state index contributed by atoms with van der Waals surface area (Å²) in [4.78, 5) is 48.0. The second kappa shape index (κ2) is 14.7. The van der Waals surface area contributed by atoms with Gasteiger partial charge in [-0.2, -0.15) is 0 Å². The molecule has 0 aromatic heterocycles. The average molecular weight is 656 g/mol. The fourth-order valence-corrected chi connectivity index (χ4v) is 5.31. The molecule has 1 N–H and O–H groups in total. The summed E-state index contributed by atoms with van der Waals surface area (Å²) in [7, 11) is 1.55. The molecule has 2 aromatic carbocycles. The van der Waals surface area contributed by atoms with Crippen LogP contribution in [0, 0.1) is 0 Å². The van der Waals surface area contributed by atoms with Gasteiger partial charge >= 0.3 is 12.0 Å². The molecule has 0 unspecified atom stereocenters. The topological polar surface area (TPSA) is 112 Å². The number of ether oxygens (including phenoxy) is 2. The number of aliphatic imine (C=N–C) groups is 1. The zero-order valence-corrected chi connectivity index (χ0v) is 27.1. The molecule has 0 aliphatic carbocycles. The van der Waals surface area contributed by atoms with E-state index in [9.17, 15) is 19.5 Å². The Hall–Kier alpha value is -4.28. The Morgan fingerprint density at radius 1 is 1.16 bits per heavy atom. The Labute approximate surface area is 272 Å². The van der Waals surface area contributed by atoms with Crippen molar-refractivity contribution in [1.29, 1.82) is 0 Å². The summed E-state index contributed by atoms with van der Waals surface area (Å²) < 4.78 is 11.6. The van der Waals surface area contributed by atoms with Crippen LogP contribution in [-0.2, 0) is 9.59 Å². The van der Waals surface area contributed by atoms with E-state index in [1.165, 1.54) is 9.80 Å². The fourth-order valence-electron chi connectivity index (χ4n) is 5.13. The molecule has 0 radical (unpaired) electrons. The molecule has 2 atom stereocenters. The first-order valence-corrected chi connectivity index (χ1v) is 15.1. The molecule has 2 aliphatic heterocycles. The van der Waals surface area contributed by atoms with E-state index in [1.807, 2.05) is 32.9 Å². The number of nitrogens with zero attached hydrogens (tertiary/aromatic N) is 4. The summed E-state index contributed by atoms with van der Waals surface area (Å²) in [5.41, 5.74) is 1.86. The predicted octanol–water partition coefficient (Wildman–Crippen LogP) is 5.91. The van der Waals surface area contributed by atoms with E-state index in [2.05, 4.69) is 6.58 Å². The number of hydrogen-bond acceptors (Lipinski definition) is 6. The lowest BCUT2D eigenvalue weighted by Crippen LogP contribution is -2.57. The number of urea groups is 1. The number of amides is 3. The molecular formula is C33H36Cl2N4O6. The standard InChI is InChI=1S/C33H36Cl2N4O6/c1-6-23(34)10-7-21(4)30-31(22-8-11-24(35)12-9-22)39(33(43)38-16-15-37(19-29(41)42)28(40)18-38)32(36-30)26-14-13-25(44-5)17-27(26)45-20(2)3/h6-14,17,20,30-31H,4,15-16,18-19H2,1-3,5H3,(H,41,42)/b10-7-,23-6+/t30-,31+/m1/s1. The number of carboxylic acids is 1. The van der Waals surface area contributed by atoms with Gasteiger partial charge in [0.05, 0.1) is 24.8 Å². The minimum absolute atomic E-state index is 0.0772. The van der Waals surface area contributed by atoms with E-state index in [0.717, 1.165) is 5.56 Å². The Morgan fingerprint density at radius 3 is 2.47 bits per heavy atom. The van der Waals surface area contributed by atoms with E-state index in [-0.39, 0.29) is 25.7 Å². The van der Waals surface area contributed by atoms with E-state index in [0.29, 0.717) is 38.5 Å². The van der Waals surface area contributed by atoms with E-state index in [1.54, 1.807) is 60.6 Å². The first-order valence-electron chi connectivity index (χ1n) is 14.4. The second-order valence-corrected chi connectivity index (χ2v) is 11.7. The zero-order chi connectivity index (χ0) is 32.8. The number of aliphatic carboxylic acids is 1. The van der Waals surface area contributed by atoms with Crippen LogP contribution in [0.3, 0.4) is 0 Å². The molecule has 10 nitrogen and oxygen atoms in total. The highest BCUT2D eigenvalue weighted by atomic mass is 35.5.